The fourth-order valence-corrected chi connectivity index (χ4v) is 2.04. The second-order valence-corrected chi connectivity index (χ2v) is 6.53. The Labute approximate surface area is 148 Å². The van der Waals surface area contributed by atoms with E-state index in [0.717, 1.165) is 6.07 Å². The summed E-state index contributed by atoms with van der Waals surface area (Å²) >= 11 is 0. The molecule has 14 heteroatoms. The minimum absolute atomic E-state index is 0.0551. The van der Waals surface area contributed by atoms with Crippen LogP contribution in [0.4, 0.5) is 0 Å². The third-order valence-corrected chi connectivity index (χ3v) is 3.36. The van der Waals surface area contributed by atoms with Crippen LogP contribution in [0.25, 0.3) is 0 Å². The summed E-state index contributed by atoms with van der Waals surface area (Å²) in [5.74, 6) is -1.79. The smallest absolute Gasteiger partial charge is 0.397 e. The Bertz CT molecular complexity index is 775. The van der Waals surface area contributed by atoms with E-state index in [0.29, 0.717) is 0 Å². The molecular weight excluding hydrogens is 400 g/mol. The number of carbonyl (C=O) groups is 2. The van der Waals surface area contributed by atoms with Gasteiger partial charge in [0.25, 0.3) is 0 Å². The lowest BCUT2D eigenvalue weighted by Gasteiger charge is -2.07. The van der Waals surface area contributed by atoms with Crippen LogP contribution in [-0.2, 0) is 38.6 Å². The molecule has 146 valence electrons. The van der Waals surface area contributed by atoms with Gasteiger partial charge in [0.05, 0.1) is 11.1 Å². The van der Waals surface area contributed by atoms with Crippen LogP contribution < -0.4 is 0 Å². The van der Waals surface area contributed by atoms with Gasteiger partial charge in [-0.2, -0.15) is 16.8 Å². The van der Waals surface area contributed by atoms with Crippen molar-refractivity contribution >= 4 is 32.7 Å². The van der Waals surface area contributed by atoms with Gasteiger partial charge in [0.1, 0.15) is 26.4 Å². The van der Waals surface area contributed by atoms with E-state index >= 15 is 0 Å². The molecular formula is C12H14O12S2. The van der Waals surface area contributed by atoms with Crippen LogP contribution in [-0.4, -0.2) is 64.3 Å². The first-order valence-corrected chi connectivity index (χ1v) is 9.39. The average Bonchev–Trinajstić information content (AvgIpc) is 2.53. The molecule has 0 bridgehead atoms. The zero-order chi connectivity index (χ0) is 19.8. The normalized spacial score (nSPS) is 11.8. The molecule has 0 unspecified atom stereocenters. The lowest BCUT2D eigenvalue weighted by Crippen LogP contribution is -2.15. The van der Waals surface area contributed by atoms with Crippen molar-refractivity contribution in [1.82, 2.24) is 0 Å². The monoisotopic (exact) mass is 414 g/mol. The zero-order valence-corrected chi connectivity index (χ0v) is 14.6. The van der Waals surface area contributed by atoms with E-state index in [-0.39, 0.29) is 11.1 Å². The summed E-state index contributed by atoms with van der Waals surface area (Å²) in [4.78, 5) is 23.5. The van der Waals surface area contributed by atoms with E-state index in [1.54, 1.807) is 0 Å². The number of carbonyl (C=O) groups excluding carboxylic acids is 2. The van der Waals surface area contributed by atoms with Crippen LogP contribution in [0.15, 0.2) is 24.3 Å². The fourth-order valence-electron chi connectivity index (χ4n) is 1.49. The Morgan fingerprint density at radius 3 is 1.50 bits per heavy atom. The molecule has 1 aromatic rings. The molecule has 0 radical (unpaired) electrons. The zero-order valence-electron chi connectivity index (χ0n) is 12.9. The highest BCUT2D eigenvalue weighted by atomic mass is 32.3. The van der Waals surface area contributed by atoms with Gasteiger partial charge in [-0.1, -0.05) is 6.07 Å². The van der Waals surface area contributed by atoms with Crippen LogP contribution in [0.3, 0.4) is 0 Å². The Hall–Kier alpha value is -2.10. The van der Waals surface area contributed by atoms with Gasteiger partial charge < -0.3 is 9.47 Å². The maximum atomic E-state index is 11.8. The molecule has 0 spiro atoms. The third-order valence-electron chi connectivity index (χ3n) is 2.43. The topological polar surface area (TPSA) is 180 Å². The summed E-state index contributed by atoms with van der Waals surface area (Å²) in [7, 11) is -9.28. The first kappa shape index (κ1) is 21.9. The molecule has 1 aromatic carbocycles. The van der Waals surface area contributed by atoms with Crippen LogP contribution >= 0.6 is 0 Å². The van der Waals surface area contributed by atoms with Crippen LogP contribution in [0.1, 0.15) is 20.7 Å². The highest BCUT2D eigenvalue weighted by molar-refractivity contribution is 7.81. The molecule has 12 nitrogen and oxygen atoms in total. The van der Waals surface area contributed by atoms with Crippen molar-refractivity contribution in [1.29, 1.82) is 0 Å². The average molecular weight is 414 g/mol. The number of ether oxygens (including phenoxy) is 2. The van der Waals surface area contributed by atoms with Gasteiger partial charge in [0.2, 0.25) is 0 Å². The van der Waals surface area contributed by atoms with Crippen molar-refractivity contribution in [2.75, 3.05) is 26.4 Å². The maximum absolute atomic E-state index is 11.8. The standard InChI is InChI=1S/C12H14O12S2/c13-11(21-4-6-23-25(15,16)17)9-2-1-3-10(8-9)12(14)22-5-7-24-26(18,19)20/h1-3,8H,4-7H2,(H,15,16,17)(H,18,19,20). The van der Waals surface area contributed by atoms with E-state index in [2.05, 4.69) is 17.8 Å². The summed E-state index contributed by atoms with van der Waals surface area (Å²) < 4.78 is 75.2. The fraction of sp³-hybridized carbons (Fsp3) is 0.333. The van der Waals surface area contributed by atoms with Gasteiger partial charge in [-0.3, -0.25) is 9.11 Å². The first-order valence-electron chi connectivity index (χ1n) is 6.66. The molecule has 0 saturated carbocycles. The quantitative estimate of drug-likeness (QED) is 0.289. The molecule has 0 amide bonds. The molecule has 0 fully saturated rings. The Kier molecular flexibility index (Phi) is 8.07. The molecule has 0 aromatic heterocycles. The number of hydrogen-bond acceptors (Lipinski definition) is 10. The largest absolute Gasteiger partial charge is 0.460 e. The van der Waals surface area contributed by atoms with Gasteiger partial charge in [-0.15, -0.1) is 0 Å². The summed E-state index contributed by atoms with van der Waals surface area (Å²) in [6.07, 6.45) is 0. The highest BCUT2D eigenvalue weighted by Gasteiger charge is 2.14. The molecule has 0 aliphatic rings. The van der Waals surface area contributed by atoms with Gasteiger partial charge in [0, 0.05) is 0 Å². The van der Waals surface area contributed by atoms with E-state index in [1.165, 1.54) is 18.2 Å². The first-order chi connectivity index (χ1) is 12.0. The number of rotatable bonds is 10. The summed E-state index contributed by atoms with van der Waals surface area (Å²) in [6.45, 7) is -2.14. The number of benzene rings is 1. The van der Waals surface area contributed by atoms with Crippen molar-refractivity contribution < 1.29 is 53.4 Å². The highest BCUT2D eigenvalue weighted by Crippen LogP contribution is 2.09. The van der Waals surface area contributed by atoms with Crippen molar-refractivity contribution in [3.05, 3.63) is 35.4 Å². The minimum Gasteiger partial charge on any atom is -0.460 e. The van der Waals surface area contributed by atoms with E-state index in [4.69, 9.17) is 9.11 Å². The molecule has 0 aliphatic heterocycles. The molecule has 0 aliphatic carbocycles. The van der Waals surface area contributed by atoms with Crippen molar-refractivity contribution in [3.63, 3.8) is 0 Å². The van der Waals surface area contributed by atoms with Crippen LogP contribution in [0.5, 0.6) is 0 Å². The molecule has 0 atom stereocenters. The SMILES string of the molecule is O=C(OCCOS(=O)(=O)O)c1cccc(C(=O)OCCOS(=O)(=O)O)c1. The second kappa shape index (κ2) is 9.56. The van der Waals surface area contributed by atoms with Gasteiger partial charge >= 0.3 is 32.7 Å². The minimum atomic E-state index is -4.64. The predicted octanol–water partition coefficient (Wildman–Crippen LogP) is -0.361. The van der Waals surface area contributed by atoms with Gasteiger partial charge in [0.15, 0.2) is 0 Å². The molecule has 0 heterocycles. The molecule has 1 rings (SSSR count). The Balaban J connectivity index is 2.52. The Morgan fingerprint density at radius 2 is 1.15 bits per heavy atom. The van der Waals surface area contributed by atoms with E-state index in [9.17, 15) is 26.4 Å². The van der Waals surface area contributed by atoms with E-state index < -0.39 is 59.2 Å². The predicted molar refractivity (Wildman–Crippen MR) is 82.0 cm³/mol. The summed E-state index contributed by atoms with van der Waals surface area (Å²) in [5, 5.41) is 0. The van der Waals surface area contributed by atoms with Crippen molar-refractivity contribution in [2.24, 2.45) is 0 Å². The summed E-state index contributed by atoms with van der Waals surface area (Å²) in [5.41, 5.74) is -0.110. The molecule has 26 heavy (non-hydrogen) atoms. The van der Waals surface area contributed by atoms with Crippen LogP contribution in [0, 0.1) is 0 Å². The van der Waals surface area contributed by atoms with Crippen molar-refractivity contribution in [3.8, 4) is 0 Å². The third kappa shape index (κ3) is 9.40. The Morgan fingerprint density at radius 1 is 0.769 bits per heavy atom. The lowest BCUT2D eigenvalue weighted by atomic mass is 10.1. The van der Waals surface area contributed by atoms with Gasteiger partial charge in [-0.25, -0.2) is 18.0 Å². The lowest BCUT2D eigenvalue weighted by molar-refractivity contribution is 0.0441. The number of esters is 2. The van der Waals surface area contributed by atoms with Gasteiger partial charge in [-0.05, 0) is 18.2 Å². The van der Waals surface area contributed by atoms with E-state index in [1.807, 2.05) is 0 Å². The van der Waals surface area contributed by atoms with Crippen molar-refractivity contribution in [2.45, 2.75) is 0 Å². The maximum Gasteiger partial charge on any atom is 0.397 e. The van der Waals surface area contributed by atoms with Crippen LogP contribution in [0.2, 0.25) is 0 Å². The molecule has 0 saturated heterocycles. The molecule has 2 N–H and O–H groups in total. The second-order valence-electron chi connectivity index (χ2n) is 4.35. The number of hydrogen-bond donors (Lipinski definition) is 2. The summed E-state index contributed by atoms with van der Waals surface area (Å²) in [6, 6.07) is 5.09.